The maximum absolute atomic E-state index is 6.46. The Balaban J connectivity index is -0.000000220. The molecule has 0 aliphatic rings. The van der Waals surface area contributed by atoms with Gasteiger partial charge in [0.15, 0.2) is 0 Å². The molecule has 0 radical (unpaired) electrons. The van der Waals surface area contributed by atoms with Crippen molar-refractivity contribution < 1.29 is 0 Å². The van der Waals surface area contributed by atoms with Gasteiger partial charge in [-0.3, -0.25) is 0 Å². The van der Waals surface area contributed by atoms with Gasteiger partial charge < -0.3 is 16.8 Å². The van der Waals surface area contributed by atoms with Gasteiger partial charge >= 0.3 is 0 Å². The standard InChI is InChI=1S/C6H13N3.C2H7N.H3N/c1-9(2)5-3-4-8-6-7;1-2-3;/h7H,3-5H2,1-2H3;2-3H2,1H3;1H3. The summed E-state index contributed by atoms with van der Waals surface area (Å²) in [5.41, 5.74) is 4.85. The van der Waals surface area contributed by atoms with Crippen LogP contribution in [0.3, 0.4) is 0 Å². The predicted molar refractivity (Wildman–Crippen MR) is 57.9 cm³/mol. The third kappa shape index (κ3) is 34.9. The average Bonchev–Trinajstić information content (AvgIpc) is 1.99. The van der Waals surface area contributed by atoms with Gasteiger partial charge in [0.05, 0.1) is 12.6 Å². The topological polar surface area (TPSA) is 100 Å². The lowest BCUT2D eigenvalue weighted by Crippen LogP contribution is -2.13. The first-order valence-electron chi connectivity index (χ1n) is 4.12. The number of rotatable bonds is 4. The van der Waals surface area contributed by atoms with Crippen molar-refractivity contribution in [3.05, 3.63) is 0 Å². The van der Waals surface area contributed by atoms with E-state index < -0.39 is 0 Å². The lowest BCUT2D eigenvalue weighted by molar-refractivity contribution is 0.403. The highest BCUT2D eigenvalue weighted by Gasteiger charge is 1.86. The molecule has 5 nitrogen and oxygen atoms in total. The largest absolute Gasteiger partial charge is 0.344 e. The monoisotopic (exact) mass is 189 g/mol. The van der Waals surface area contributed by atoms with Gasteiger partial charge in [-0.05, 0) is 33.6 Å². The molecular formula is C8H23N5. The Morgan fingerprint density at radius 2 is 1.92 bits per heavy atom. The molecule has 0 bridgehead atoms. The van der Waals surface area contributed by atoms with Gasteiger partial charge in [-0.25, -0.2) is 10.4 Å². The summed E-state index contributed by atoms with van der Waals surface area (Å²) in [5.74, 6) is 0. The Labute approximate surface area is 81.1 Å². The van der Waals surface area contributed by atoms with E-state index >= 15 is 0 Å². The summed E-state index contributed by atoms with van der Waals surface area (Å²) in [7, 11) is 4.04. The summed E-state index contributed by atoms with van der Waals surface area (Å²) in [4.78, 5) is 5.73. The molecule has 0 heterocycles. The zero-order valence-electron chi connectivity index (χ0n) is 9.01. The maximum atomic E-state index is 6.46. The Kier molecular flexibility index (Phi) is 24.2. The number of nitrogens with two attached hydrogens (primary N) is 1. The molecule has 6 N–H and O–H groups in total. The van der Waals surface area contributed by atoms with Crippen LogP contribution in [-0.2, 0) is 0 Å². The average molecular weight is 189 g/mol. The van der Waals surface area contributed by atoms with Gasteiger partial charge in [0.25, 0.3) is 0 Å². The van der Waals surface area contributed by atoms with Gasteiger partial charge in [-0.1, -0.05) is 6.92 Å². The second-order valence-corrected chi connectivity index (χ2v) is 2.56. The maximum Gasteiger partial charge on any atom is 0.0861 e. The number of hydrogen-bond acceptors (Lipinski definition) is 5. The van der Waals surface area contributed by atoms with Crippen LogP contribution in [0.1, 0.15) is 13.3 Å². The lowest BCUT2D eigenvalue weighted by Gasteiger charge is -2.05. The van der Waals surface area contributed by atoms with Crippen molar-refractivity contribution in [2.75, 3.05) is 33.7 Å². The SMILES string of the molecule is CCN.CN(C)CCCN=C=N.N. The Morgan fingerprint density at radius 1 is 1.46 bits per heavy atom. The van der Waals surface area contributed by atoms with Crippen LogP contribution in [0.25, 0.3) is 0 Å². The minimum absolute atomic E-state index is 0. The molecule has 0 saturated carbocycles. The molecule has 0 aliphatic carbocycles. The summed E-state index contributed by atoms with van der Waals surface area (Å²) in [5, 5.41) is 6.46. The highest BCUT2D eigenvalue weighted by atomic mass is 15.0. The summed E-state index contributed by atoms with van der Waals surface area (Å²) in [6.07, 6.45) is 1.01. The van der Waals surface area contributed by atoms with E-state index in [0.717, 1.165) is 26.1 Å². The second kappa shape index (κ2) is 17.4. The molecule has 0 amide bonds. The number of nitrogens with zero attached hydrogens (tertiary/aromatic N) is 2. The van der Waals surface area contributed by atoms with Crippen molar-refractivity contribution in [2.24, 2.45) is 10.7 Å². The summed E-state index contributed by atoms with van der Waals surface area (Å²) in [6.45, 7) is 4.41. The smallest absolute Gasteiger partial charge is 0.0861 e. The van der Waals surface area contributed by atoms with Crippen LogP contribution < -0.4 is 11.9 Å². The van der Waals surface area contributed by atoms with E-state index in [9.17, 15) is 0 Å². The van der Waals surface area contributed by atoms with E-state index in [1.807, 2.05) is 27.0 Å². The van der Waals surface area contributed by atoms with Crippen LogP contribution in [-0.4, -0.2) is 44.6 Å². The molecule has 0 aromatic heterocycles. The van der Waals surface area contributed by atoms with Crippen molar-refractivity contribution in [2.45, 2.75) is 13.3 Å². The summed E-state index contributed by atoms with van der Waals surface area (Å²) in [6, 6.07) is 2.00. The molecule has 13 heavy (non-hydrogen) atoms. The highest BCUT2D eigenvalue weighted by molar-refractivity contribution is 5.35. The van der Waals surface area contributed by atoms with Gasteiger partial charge in [-0.15, -0.1) is 0 Å². The van der Waals surface area contributed by atoms with Gasteiger partial charge in [0.1, 0.15) is 0 Å². The molecule has 5 heteroatoms. The molecule has 80 valence electrons. The van der Waals surface area contributed by atoms with Crippen LogP contribution in [0, 0.1) is 5.41 Å². The van der Waals surface area contributed by atoms with Crippen molar-refractivity contribution in [3.63, 3.8) is 0 Å². The Morgan fingerprint density at radius 3 is 2.23 bits per heavy atom. The zero-order chi connectivity index (χ0) is 9.82. The summed E-state index contributed by atoms with van der Waals surface area (Å²) < 4.78 is 0. The van der Waals surface area contributed by atoms with E-state index in [1.165, 1.54) is 0 Å². The Hall–Kier alpha value is -0.740. The fraction of sp³-hybridized carbons (Fsp3) is 0.875. The number of nitrogens with one attached hydrogen (secondary N) is 1. The van der Waals surface area contributed by atoms with Crippen LogP contribution in [0.15, 0.2) is 4.99 Å². The van der Waals surface area contributed by atoms with Crippen molar-refractivity contribution in [1.29, 1.82) is 5.41 Å². The fourth-order valence-corrected chi connectivity index (χ4v) is 0.522. The quantitative estimate of drug-likeness (QED) is 0.450. The Bertz CT molecular complexity index is 118. The highest BCUT2D eigenvalue weighted by Crippen LogP contribution is 1.82. The third-order valence-corrected chi connectivity index (χ3v) is 0.954. The number of hydrogen-bond donors (Lipinski definition) is 3. The molecular weight excluding hydrogens is 166 g/mol. The van der Waals surface area contributed by atoms with E-state index in [4.69, 9.17) is 11.1 Å². The predicted octanol–water partition coefficient (Wildman–Crippen LogP) is 0.818. The first-order valence-corrected chi connectivity index (χ1v) is 4.12. The van der Waals surface area contributed by atoms with E-state index in [-0.39, 0.29) is 6.15 Å². The number of aliphatic imine (C=N–C) groups is 1. The molecule has 0 fully saturated rings. The molecule has 0 rings (SSSR count). The first kappa shape index (κ1) is 18.1. The van der Waals surface area contributed by atoms with Crippen molar-refractivity contribution in [1.82, 2.24) is 11.1 Å². The van der Waals surface area contributed by atoms with Crippen LogP contribution in [0.2, 0.25) is 0 Å². The molecule has 0 saturated heterocycles. The second-order valence-electron chi connectivity index (χ2n) is 2.56. The van der Waals surface area contributed by atoms with E-state index in [1.54, 1.807) is 0 Å². The molecule has 0 aromatic rings. The van der Waals surface area contributed by atoms with Gasteiger partial charge in [0, 0.05) is 0 Å². The minimum Gasteiger partial charge on any atom is -0.344 e. The molecule has 0 aliphatic heterocycles. The van der Waals surface area contributed by atoms with Gasteiger partial charge in [0.2, 0.25) is 0 Å². The van der Waals surface area contributed by atoms with E-state index in [2.05, 4.69) is 9.89 Å². The van der Waals surface area contributed by atoms with Crippen LogP contribution in [0.4, 0.5) is 0 Å². The van der Waals surface area contributed by atoms with E-state index in [0.29, 0.717) is 0 Å². The molecule has 0 atom stereocenters. The lowest BCUT2D eigenvalue weighted by atomic mass is 10.4. The fourth-order valence-electron chi connectivity index (χ4n) is 0.522. The first-order chi connectivity index (χ1) is 5.68. The minimum atomic E-state index is 0. The summed E-state index contributed by atoms with van der Waals surface area (Å²) >= 11 is 0. The van der Waals surface area contributed by atoms with Crippen molar-refractivity contribution >= 4 is 6.01 Å². The zero-order valence-corrected chi connectivity index (χ0v) is 9.01. The normalized spacial score (nSPS) is 7.77. The van der Waals surface area contributed by atoms with Crippen molar-refractivity contribution in [3.8, 4) is 0 Å². The molecule has 0 spiro atoms. The molecule has 0 aromatic carbocycles. The van der Waals surface area contributed by atoms with Crippen LogP contribution >= 0.6 is 0 Å². The van der Waals surface area contributed by atoms with Gasteiger partial charge in [-0.2, -0.15) is 0 Å². The third-order valence-electron chi connectivity index (χ3n) is 0.954. The molecule has 0 unspecified atom stereocenters. The van der Waals surface area contributed by atoms with Crippen LogP contribution in [0.5, 0.6) is 0 Å².